The molecular formula is C15H28N4. The third kappa shape index (κ3) is 3.80. The van der Waals surface area contributed by atoms with Crippen molar-refractivity contribution in [1.29, 1.82) is 0 Å². The van der Waals surface area contributed by atoms with Crippen molar-refractivity contribution in [2.75, 3.05) is 13.6 Å². The van der Waals surface area contributed by atoms with E-state index in [0.717, 1.165) is 18.9 Å². The van der Waals surface area contributed by atoms with Gasteiger partial charge in [-0.25, -0.2) is 4.98 Å². The minimum absolute atomic E-state index is 0.650. The molecule has 1 N–H and O–H groups in total. The molecule has 2 atom stereocenters. The van der Waals surface area contributed by atoms with E-state index < -0.39 is 0 Å². The summed E-state index contributed by atoms with van der Waals surface area (Å²) in [6, 6.07) is 1.30. The van der Waals surface area contributed by atoms with Gasteiger partial charge in [0.05, 0.1) is 6.54 Å². The monoisotopic (exact) mass is 264 g/mol. The lowest BCUT2D eigenvalue weighted by Crippen LogP contribution is -2.50. The second-order valence-corrected chi connectivity index (χ2v) is 5.78. The van der Waals surface area contributed by atoms with Crippen LogP contribution in [0.1, 0.15) is 44.9 Å². The van der Waals surface area contributed by atoms with Gasteiger partial charge in [0.25, 0.3) is 0 Å². The van der Waals surface area contributed by atoms with Gasteiger partial charge in [-0.2, -0.15) is 0 Å². The molecule has 108 valence electrons. The lowest BCUT2D eigenvalue weighted by Gasteiger charge is -2.38. The minimum atomic E-state index is 0.650. The van der Waals surface area contributed by atoms with Gasteiger partial charge >= 0.3 is 0 Å². The van der Waals surface area contributed by atoms with Crippen molar-refractivity contribution in [3.8, 4) is 0 Å². The molecule has 0 bridgehead atoms. The third-order valence-corrected chi connectivity index (χ3v) is 4.26. The molecule has 1 heterocycles. The quantitative estimate of drug-likeness (QED) is 0.855. The fourth-order valence-corrected chi connectivity index (χ4v) is 3.10. The maximum absolute atomic E-state index is 4.44. The third-order valence-electron chi connectivity index (χ3n) is 4.26. The number of aryl methyl sites for hydroxylation is 1. The predicted molar refractivity (Wildman–Crippen MR) is 79.0 cm³/mol. The van der Waals surface area contributed by atoms with Crippen molar-refractivity contribution < 1.29 is 0 Å². The molecule has 0 radical (unpaired) electrons. The molecule has 1 aromatic heterocycles. The van der Waals surface area contributed by atoms with Crippen LogP contribution in [0.4, 0.5) is 0 Å². The van der Waals surface area contributed by atoms with Crippen molar-refractivity contribution in [1.82, 2.24) is 19.8 Å². The summed E-state index contributed by atoms with van der Waals surface area (Å²) in [6.07, 6.45) is 10.5. The molecule has 0 saturated heterocycles. The molecule has 19 heavy (non-hydrogen) atoms. The van der Waals surface area contributed by atoms with Crippen LogP contribution in [0.3, 0.4) is 0 Å². The van der Waals surface area contributed by atoms with Crippen LogP contribution < -0.4 is 5.32 Å². The molecular weight excluding hydrogens is 236 g/mol. The van der Waals surface area contributed by atoms with Gasteiger partial charge in [-0.3, -0.25) is 4.90 Å². The van der Waals surface area contributed by atoms with Gasteiger partial charge in [0, 0.05) is 31.5 Å². The van der Waals surface area contributed by atoms with Crippen LogP contribution in [-0.4, -0.2) is 40.1 Å². The first-order chi connectivity index (χ1) is 9.22. The van der Waals surface area contributed by atoms with Crippen LogP contribution in [-0.2, 0) is 13.6 Å². The summed E-state index contributed by atoms with van der Waals surface area (Å²) in [6.45, 7) is 4.32. The Morgan fingerprint density at radius 2 is 2.21 bits per heavy atom. The highest BCUT2D eigenvalue weighted by atomic mass is 15.2. The topological polar surface area (TPSA) is 33.1 Å². The second-order valence-electron chi connectivity index (χ2n) is 5.78. The average molecular weight is 264 g/mol. The molecule has 1 aromatic rings. The zero-order valence-electron chi connectivity index (χ0n) is 12.6. The van der Waals surface area contributed by atoms with Crippen LogP contribution >= 0.6 is 0 Å². The summed E-state index contributed by atoms with van der Waals surface area (Å²) in [7, 11) is 4.31. The zero-order valence-corrected chi connectivity index (χ0v) is 12.6. The highest BCUT2D eigenvalue weighted by molar-refractivity contribution is 4.94. The number of hydrogen-bond donors (Lipinski definition) is 1. The largest absolute Gasteiger partial charge is 0.337 e. The van der Waals surface area contributed by atoms with Crippen molar-refractivity contribution in [2.24, 2.45) is 7.05 Å². The van der Waals surface area contributed by atoms with Crippen LogP contribution in [0, 0.1) is 0 Å². The maximum Gasteiger partial charge on any atom is 0.122 e. The first kappa shape index (κ1) is 14.5. The Kier molecular flexibility index (Phi) is 5.40. The average Bonchev–Trinajstić information content (AvgIpc) is 2.82. The zero-order chi connectivity index (χ0) is 13.7. The highest BCUT2D eigenvalue weighted by Crippen LogP contribution is 2.23. The van der Waals surface area contributed by atoms with Gasteiger partial charge in [-0.05, 0) is 32.9 Å². The molecule has 4 heteroatoms. The van der Waals surface area contributed by atoms with Crippen molar-refractivity contribution in [2.45, 2.75) is 57.7 Å². The fraction of sp³-hybridized carbons (Fsp3) is 0.800. The van der Waals surface area contributed by atoms with E-state index in [1.54, 1.807) is 0 Å². The fourth-order valence-electron chi connectivity index (χ4n) is 3.10. The van der Waals surface area contributed by atoms with Gasteiger partial charge in [0.15, 0.2) is 0 Å². The number of imidazole rings is 1. The standard InChI is InChI=1S/C15H28N4/c1-4-9-16-13-7-5-6-8-14(13)19(3)12-15-17-10-11-18(15)2/h10-11,13-14,16H,4-9,12H2,1-3H3. The van der Waals surface area contributed by atoms with E-state index in [4.69, 9.17) is 0 Å². The highest BCUT2D eigenvalue weighted by Gasteiger charge is 2.28. The summed E-state index contributed by atoms with van der Waals surface area (Å²) in [5.74, 6) is 1.15. The maximum atomic E-state index is 4.44. The van der Waals surface area contributed by atoms with E-state index in [2.05, 4.69) is 40.8 Å². The van der Waals surface area contributed by atoms with Crippen molar-refractivity contribution in [3.05, 3.63) is 18.2 Å². The predicted octanol–water partition coefficient (Wildman–Crippen LogP) is 2.16. The Morgan fingerprint density at radius 1 is 1.42 bits per heavy atom. The van der Waals surface area contributed by atoms with Crippen LogP contribution in [0.25, 0.3) is 0 Å². The molecule has 0 aromatic carbocycles. The van der Waals surface area contributed by atoms with Crippen LogP contribution in [0.2, 0.25) is 0 Å². The summed E-state index contributed by atoms with van der Waals surface area (Å²) < 4.78 is 2.12. The molecule has 0 aliphatic heterocycles. The molecule has 1 saturated carbocycles. The van der Waals surface area contributed by atoms with Gasteiger partial charge in [0.1, 0.15) is 5.82 Å². The minimum Gasteiger partial charge on any atom is -0.337 e. The first-order valence-electron chi connectivity index (χ1n) is 7.62. The lowest BCUT2D eigenvalue weighted by atomic mass is 9.89. The van der Waals surface area contributed by atoms with Crippen molar-refractivity contribution >= 4 is 0 Å². The Hall–Kier alpha value is -0.870. The van der Waals surface area contributed by atoms with E-state index in [-0.39, 0.29) is 0 Å². The van der Waals surface area contributed by atoms with Gasteiger partial charge in [-0.1, -0.05) is 19.8 Å². The van der Waals surface area contributed by atoms with E-state index in [1.807, 2.05) is 12.4 Å². The molecule has 1 aliphatic carbocycles. The van der Waals surface area contributed by atoms with E-state index in [1.165, 1.54) is 32.1 Å². The summed E-state index contributed by atoms with van der Waals surface area (Å²) in [5.41, 5.74) is 0. The van der Waals surface area contributed by atoms with E-state index in [9.17, 15) is 0 Å². The molecule has 4 nitrogen and oxygen atoms in total. The van der Waals surface area contributed by atoms with Crippen molar-refractivity contribution in [3.63, 3.8) is 0 Å². The molecule has 1 aliphatic rings. The number of rotatable bonds is 6. The number of nitrogens with zero attached hydrogens (tertiary/aromatic N) is 3. The first-order valence-corrected chi connectivity index (χ1v) is 7.62. The molecule has 2 unspecified atom stereocenters. The number of aromatic nitrogens is 2. The van der Waals surface area contributed by atoms with Crippen LogP contribution in [0.15, 0.2) is 12.4 Å². The Bertz CT molecular complexity index is 374. The molecule has 0 amide bonds. The number of nitrogens with one attached hydrogen (secondary N) is 1. The Labute approximate surface area is 117 Å². The number of hydrogen-bond acceptors (Lipinski definition) is 3. The van der Waals surface area contributed by atoms with E-state index >= 15 is 0 Å². The molecule has 1 fully saturated rings. The molecule has 2 rings (SSSR count). The SMILES string of the molecule is CCCNC1CCCCC1N(C)Cc1nccn1C. The van der Waals surface area contributed by atoms with Gasteiger partial charge < -0.3 is 9.88 Å². The van der Waals surface area contributed by atoms with Gasteiger partial charge in [0.2, 0.25) is 0 Å². The Morgan fingerprint density at radius 3 is 2.89 bits per heavy atom. The van der Waals surface area contributed by atoms with E-state index in [0.29, 0.717) is 12.1 Å². The van der Waals surface area contributed by atoms with Gasteiger partial charge in [-0.15, -0.1) is 0 Å². The summed E-state index contributed by atoms with van der Waals surface area (Å²) in [4.78, 5) is 6.92. The number of likely N-dealkylation sites (N-methyl/N-ethyl adjacent to an activating group) is 1. The summed E-state index contributed by atoms with van der Waals surface area (Å²) >= 11 is 0. The van der Waals surface area contributed by atoms with Crippen LogP contribution in [0.5, 0.6) is 0 Å². The normalized spacial score (nSPS) is 24.0. The smallest absolute Gasteiger partial charge is 0.122 e. The summed E-state index contributed by atoms with van der Waals surface area (Å²) in [5, 5.41) is 3.73. The lowest BCUT2D eigenvalue weighted by molar-refractivity contribution is 0.139. The Balaban J connectivity index is 1.94. The molecule has 0 spiro atoms. The second kappa shape index (κ2) is 7.06.